The lowest BCUT2D eigenvalue weighted by Crippen LogP contribution is -1.80. The van der Waals surface area contributed by atoms with E-state index in [0.29, 0.717) is 5.69 Å². The van der Waals surface area contributed by atoms with Gasteiger partial charge in [0.1, 0.15) is 11.4 Å². The van der Waals surface area contributed by atoms with Crippen LogP contribution in [0.4, 0.5) is 5.69 Å². The van der Waals surface area contributed by atoms with Gasteiger partial charge in [-0.05, 0) is 17.0 Å². The second-order valence-electron chi connectivity index (χ2n) is 4.32. The topological polar surface area (TPSA) is 32.6 Å². The number of hydrogen-bond acceptors (Lipinski definition) is 2. The molecular formula is C17H13NO. The summed E-state index contributed by atoms with van der Waals surface area (Å²) in [6, 6.07) is 21.3. The number of phenolic OH excluding ortho intramolecular Hbond substituents is 1. The number of aliphatic imine (C=N–C) groups is 1. The van der Waals surface area contributed by atoms with E-state index < -0.39 is 0 Å². The van der Waals surface area contributed by atoms with Crippen LogP contribution in [0.25, 0.3) is 10.8 Å². The van der Waals surface area contributed by atoms with Crippen molar-refractivity contribution in [3.05, 3.63) is 72.3 Å². The molecule has 0 fully saturated rings. The minimum atomic E-state index is 0.200. The first-order chi connectivity index (χ1) is 9.34. The molecule has 0 aliphatic rings. The molecule has 0 saturated heterocycles. The zero-order chi connectivity index (χ0) is 13.1. The first-order valence-corrected chi connectivity index (χ1v) is 6.14. The van der Waals surface area contributed by atoms with Crippen LogP contribution in [0.15, 0.2) is 71.7 Å². The maximum absolute atomic E-state index is 9.97. The number of aromatic hydroxyl groups is 1. The lowest BCUT2D eigenvalue weighted by atomic mass is 10.1. The number of fused-ring (bicyclic) bond motifs is 1. The van der Waals surface area contributed by atoms with E-state index >= 15 is 0 Å². The summed E-state index contributed by atoms with van der Waals surface area (Å²) in [5.74, 6) is 0.200. The van der Waals surface area contributed by atoms with Gasteiger partial charge < -0.3 is 5.11 Å². The molecule has 1 N–H and O–H groups in total. The summed E-state index contributed by atoms with van der Waals surface area (Å²) in [6.45, 7) is 0. The van der Waals surface area contributed by atoms with E-state index in [0.717, 1.165) is 16.3 Å². The monoisotopic (exact) mass is 247 g/mol. The summed E-state index contributed by atoms with van der Waals surface area (Å²) >= 11 is 0. The molecule has 2 heteroatoms. The van der Waals surface area contributed by atoms with Crippen molar-refractivity contribution in [1.29, 1.82) is 0 Å². The Morgan fingerprint density at radius 2 is 1.53 bits per heavy atom. The Kier molecular flexibility index (Phi) is 2.99. The van der Waals surface area contributed by atoms with Gasteiger partial charge in [-0.1, -0.05) is 60.7 Å². The molecule has 0 amide bonds. The van der Waals surface area contributed by atoms with Crippen molar-refractivity contribution < 1.29 is 5.11 Å². The molecule has 3 aromatic rings. The smallest absolute Gasteiger partial charge is 0.141 e. The van der Waals surface area contributed by atoms with Crippen molar-refractivity contribution >= 4 is 22.7 Å². The predicted molar refractivity (Wildman–Crippen MR) is 79.3 cm³/mol. The van der Waals surface area contributed by atoms with E-state index in [1.54, 1.807) is 12.3 Å². The maximum atomic E-state index is 9.97. The third-order valence-corrected chi connectivity index (χ3v) is 3.02. The van der Waals surface area contributed by atoms with E-state index in [9.17, 15) is 5.11 Å². The molecule has 3 aromatic carbocycles. The second-order valence-corrected chi connectivity index (χ2v) is 4.32. The minimum absolute atomic E-state index is 0.200. The zero-order valence-electron chi connectivity index (χ0n) is 10.3. The molecule has 19 heavy (non-hydrogen) atoms. The number of nitrogens with zero attached hydrogens (tertiary/aromatic N) is 1. The third kappa shape index (κ3) is 2.33. The van der Waals surface area contributed by atoms with Crippen LogP contribution >= 0.6 is 0 Å². The van der Waals surface area contributed by atoms with E-state index in [1.165, 1.54) is 0 Å². The quantitative estimate of drug-likeness (QED) is 0.673. The van der Waals surface area contributed by atoms with Gasteiger partial charge in [-0.15, -0.1) is 0 Å². The van der Waals surface area contributed by atoms with Crippen LogP contribution in [-0.4, -0.2) is 11.3 Å². The van der Waals surface area contributed by atoms with Crippen molar-refractivity contribution in [2.45, 2.75) is 0 Å². The summed E-state index contributed by atoms with van der Waals surface area (Å²) in [5, 5.41) is 12.0. The molecule has 0 aliphatic heterocycles. The summed E-state index contributed by atoms with van der Waals surface area (Å²) in [7, 11) is 0. The highest BCUT2D eigenvalue weighted by Crippen LogP contribution is 2.34. The Morgan fingerprint density at radius 3 is 2.37 bits per heavy atom. The third-order valence-electron chi connectivity index (χ3n) is 3.02. The van der Waals surface area contributed by atoms with Crippen molar-refractivity contribution in [2.24, 2.45) is 4.99 Å². The molecule has 0 heterocycles. The van der Waals surface area contributed by atoms with Crippen molar-refractivity contribution in [2.75, 3.05) is 0 Å². The van der Waals surface area contributed by atoms with Gasteiger partial charge in [0.2, 0.25) is 0 Å². The molecule has 0 unspecified atom stereocenters. The summed E-state index contributed by atoms with van der Waals surface area (Å²) < 4.78 is 0. The van der Waals surface area contributed by atoms with E-state index in [-0.39, 0.29) is 5.75 Å². The van der Waals surface area contributed by atoms with Gasteiger partial charge in [0, 0.05) is 11.6 Å². The normalized spacial score (nSPS) is 11.2. The van der Waals surface area contributed by atoms with Crippen LogP contribution in [0.5, 0.6) is 5.75 Å². The van der Waals surface area contributed by atoms with Crippen LogP contribution in [-0.2, 0) is 0 Å². The van der Waals surface area contributed by atoms with Gasteiger partial charge in [-0.25, -0.2) is 0 Å². The Hall–Kier alpha value is -2.61. The van der Waals surface area contributed by atoms with E-state index in [4.69, 9.17) is 0 Å². The molecule has 92 valence electrons. The van der Waals surface area contributed by atoms with E-state index in [1.807, 2.05) is 60.7 Å². The molecule has 0 bridgehead atoms. The molecule has 0 spiro atoms. The largest absolute Gasteiger partial charge is 0.506 e. The molecule has 2 nitrogen and oxygen atoms in total. The standard InChI is InChI=1S/C17H13NO/c19-16-11-10-14-8-4-5-9-15(14)17(16)18-12-13-6-2-1-3-7-13/h1-12,19H. The van der Waals surface area contributed by atoms with Crippen molar-refractivity contribution in [3.8, 4) is 5.75 Å². The highest BCUT2D eigenvalue weighted by atomic mass is 16.3. The highest BCUT2D eigenvalue weighted by Gasteiger charge is 2.04. The average Bonchev–Trinajstić information content (AvgIpc) is 2.47. The number of phenols is 1. The lowest BCUT2D eigenvalue weighted by molar-refractivity contribution is 0.477. The van der Waals surface area contributed by atoms with Gasteiger partial charge in [-0.3, -0.25) is 4.99 Å². The van der Waals surface area contributed by atoms with Crippen LogP contribution in [0.1, 0.15) is 5.56 Å². The predicted octanol–water partition coefficient (Wildman–Crippen LogP) is 4.30. The van der Waals surface area contributed by atoms with Crippen LogP contribution in [0.3, 0.4) is 0 Å². The Balaban J connectivity index is 2.10. The van der Waals surface area contributed by atoms with E-state index in [2.05, 4.69) is 4.99 Å². The fraction of sp³-hybridized carbons (Fsp3) is 0. The van der Waals surface area contributed by atoms with Crippen LogP contribution in [0, 0.1) is 0 Å². The molecule has 0 saturated carbocycles. The SMILES string of the molecule is Oc1ccc2ccccc2c1N=Cc1ccccc1. The van der Waals surface area contributed by atoms with Crippen LogP contribution in [0.2, 0.25) is 0 Å². The first-order valence-electron chi connectivity index (χ1n) is 6.14. The van der Waals surface area contributed by atoms with Crippen LogP contribution < -0.4 is 0 Å². The number of hydrogen-bond donors (Lipinski definition) is 1. The minimum Gasteiger partial charge on any atom is -0.506 e. The Morgan fingerprint density at radius 1 is 0.789 bits per heavy atom. The number of rotatable bonds is 2. The average molecular weight is 247 g/mol. The number of benzene rings is 3. The second kappa shape index (κ2) is 4.94. The Labute approximate surface area is 111 Å². The summed E-state index contributed by atoms with van der Waals surface area (Å²) in [5.41, 5.74) is 1.62. The summed E-state index contributed by atoms with van der Waals surface area (Å²) in [6.07, 6.45) is 1.77. The lowest BCUT2D eigenvalue weighted by Gasteiger charge is -2.04. The van der Waals surface area contributed by atoms with Crippen molar-refractivity contribution in [1.82, 2.24) is 0 Å². The molecule has 0 aliphatic carbocycles. The van der Waals surface area contributed by atoms with Gasteiger partial charge in [0.25, 0.3) is 0 Å². The fourth-order valence-electron chi connectivity index (χ4n) is 2.06. The summed E-state index contributed by atoms with van der Waals surface area (Å²) in [4.78, 5) is 4.43. The molecule has 0 aromatic heterocycles. The van der Waals surface area contributed by atoms with Crippen molar-refractivity contribution in [3.63, 3.8) is 0 Å². The van der Waals surface area contributed by atoms with Gasteiger partial charge in [0.05, 0.1) is 0 Å². The molecule has 3 rings (SSSR count). The maximum Gasteiger partial charge on any atom is 0.141 e. The highest BCUT2D eigenvalue weighted by molar-refractivity contribution is 5.97. The molecule has 0 atom stereocenters. The first kappa shape index (κ1) is 11.5. The van der Waals surface area contributed by atoms with Gasteiger partial charge in [0.15, 0.2) is 0 Å². The molecule has 0 radical (unpaired) electrons. The molecular weight excluding hydrogens is 234 g/mol. The van der Waals surface area contributed by atoms with Gasteiger partial charge in [-0.2, -0.15) is 0 Å². The fourth-order valence-corrected chi connectivity index (χ4v) is 2.06. The van der Waals surface area contributed by atoms with Gasteiger partial charge >= 0.3 is 0 Å². The zero-order valence-corrected chi connectivity index (χ0v) is 10.3. The Bertz CT molecular complexity index is 733.